The highest BCUT2D eigenvalue weighted by atomic mass is 16.5. The molecule has 0 aromatic heterocycles. The normalized spacial score (nSPS) is 28.5. The van der Waals surface area contributed by atoms with Gasteiger partial charge in [0.05, 0.1) is 24.8 Å². The fourth-order valence-corrected chi connectivity index (χ4v) is 4.42. The Morgan fingerprint density at radius 3 is 2.77 bits per heavy atom. The molecule has 0 aliphatic carbocycles. The molecule has 0 unspecified atom stereocenters. The molecule has 5 nitrogen and oxygen atoms in total. The largest absolute Gasteiger partial charge is 0.378 e. The van der Waals surface area contributed by atoms with E-state index in [0.717, 1.165) is 45.9 Å². The van der Waals surface area contributed by atoms with Crippen molar-refractivity contribution in [3.63, 3.8) is 0 Å². The van der Waals surface area contributed by atoms with Crippen molar-refractivity contribution in [3.05, 3.63) is 0 Å². The van der Waals surface area contributed by atoms with Crippen LogP contribution >= 0.6 is 0 Å². The van der Waals surface area contributed by atoms with Gasteiger partial charge in [0.1, 0.15) is 0 Å². The minimum Gasteiger partial charge on any atom is -0.378 e. The zero-order chi connectivity index (χ0) is 15.6. The summed E-state index contributed by atoms with van der Waals surface area (Å²) in [4.78, 5) is 19.2. The van der Waals surface area contributed by atoms with Crippen LogP contribution in [0.15, 0.2) is 0 Å². The summed E-state index contributed by atoms with van der Waals surface area (Å²) in [6, 6.07) is 0.397. The minimum atomic E-state index is 0.198. The second kappa shape index (κ2) is 6.85. The lowest BCUT2D eigenvalue weighted by Crippen LogP contribution is -2.80. The van der Waals surface area contributed by atoms with Gasteiger partial charge in [-0.25, -0.2) is 0 Å². The van der Waals surface area contributed by atoms with Gasteiger partial charge >= 0.3 is 0 Å². The van der Waals surface area contributed by atoms with E-state index < -0.39 is 0 Å². The summed E-state index contributed by atoms with van der Waals surface area (Å²) in [5.41, 5.74) is 0.198. The molecule has 3 aliphatic rings. The van der Waals surface area contributed by atoms with E-state index in [9.17, 15) is 4.79 Å². The number of hydrogen-bond acceptors (Lipinski definition) is 4. The van der Waals surface area contributed by atoms with Gasteiger partial charge in [0.2, 0.25) is 5.91 Å². The second-order valence-corrected chi connectivity index (χ2v) is 7.32. The van der Waals surface area contributed by atoms with Crippen LogP contribution in [0.5, 0.6) is 0 Å². The lowest BCUT2D eigenvalue weighted by atomic mass is 9.82. The molecule has 3 rings (SSSR count). The zero-order valence-electron chi connectivity index (χ0n) is 14.2. The number of carbonyl (C=O) groups is 1. The average molecular weight is 309 g/mol. The lowest BCUT2D eigenvalue weighted by molar-refractivity contribution is -0.173. The lowest BCUT2D eigenvalue weighted by Gasteiger charge is -2.63. The SMILES string of the molecule is CCCCCCN1CC2(C1)CN(C(C)=O)C[C@@H]1COCCN12. The Labute approximate surface area is 134 Å². The van der Waals surface area contributed by atoms with Crippen LogP contribution in [0.3, 0.4) is 0 Å². The Bertz CT molecular complexity index is 395. The number of carbonyl (C=O) groups excluding carboxylic acids is 1. The fourth-order valence-electron chi connectivity index (χ4n) is 4.42. The summed E-state index contributed by atoms with van der Waals surface area (Å²) in [7, 11) is 0. The van der Waals surface area contributed by atoms with E-state index in [1.807, 2.05) is 4.90 Å². The summed E-state index contributed by atoms with van der Waals surface area (Å²) in [5.74, 6) is 0.214. The fraction of sp³-hybridized carbons (Fsp3) is 0.941. The van der Waals surface area contributed by atoms with Crippen LogP contribution in [0.1, 0.15) is 39.5 Å². The summed E-state index contributed by atoms with van der Waals surface area (Å²) in [6.45, 7) is 11.8. The summed E-state index contributed by atoms with van der Waals surface area (Å²) < 4.78 is 5.65. The molecule has 1 spiro atoms. The first kappa shape index (κ1) is 16.2. The number of morpholine rings is 1. The summed E-state index contributed by atoms with van der Waals surface area (Å²) in [6.07, 6.45) is 5.31. The molecular formula is C17H31N3O2. The van der Waals surface area contributed by atoms with E-state index >= 15 is 0 Å². The van der Waals surface area contributed by atoms with Crippen LogP contribution in [0.25, 0.3) is 0 Å². The quantitative estimate of drug-likeness (QED) is 0.715. The Morgan fingerprint density at radius 2 is 2.05 bits per heavy atom. The number of ether oxygens (including phenoxy) is 1. The number of likely N-dealkylation sites (tertiary alicyclic amines) is 1. The van der Waals surface area contributed by atoms with Crippen LogP contribution in [0, 0.1) is 0 Å². The molecule has 0 saturated carbocycles. The van der Waals surface area contributed by atoms with Crippen molar-refractivity contribution in [2.24, 2.45) is 0 Å². The average Bonchev–Trinajstić information content (AvgIpc) is 2.49. The minimum absolute atomic E-state index is 0.198. The molecule has 3 fully saturated rings. The van der Waals surface area contributed by atoms with Crippen molar-refractivity contribution < 1.29 is 9.53 Å². The molecule has 3 aliphatic heterocycles. The van der Waals surface area contributed by atoms with Gasteiger partial charge in [0.25, 0.3) is 0 Å². The van der Waals surface area contributed by atoms with Crippen molar-refractivity contribution in [1.82, 2.24) is 14.7 Å². The Morgan fingerprint density at radius 1 is 1.23 bits per heavy atom. The number of rotatable bonds is 5. The maximum atomic E-state index is 11.9. The molecule has 0 N–H and O–H groups in total. The smallest absolute Gasteiger partial charge is 0.219 e. The molecule has 0 radical (unpaired) electrons. The number of fused-ring (bicyclic) bond motifs is 2. The molecule has 5 heteroatoms. The van der Waals surface area contributed by atoms with E-state index in [1.165, 1.54) is 32.2 Å². The first-order valence-electron chi connectivity index (χ1n) is 8.97. The third-order valence-corrected chi connectivity index (χ3v) is 5.56. The van der Waals surface area contributed by atoms with Gasteiger partial charge in [0, 0.05) is 39.6 Å². The molecule has 3 heterocycles. The van der Waals surface area contributed by atoms with Crippen LogP contribution in [0.4, 0.5) is 0 Å². The third kappa shape index (κ3) is 3.17. The summed E-state index contributed by atoms with van der Waals surface area (Å²) in [5, 5.41) is 0. The van der Waals surface area contributed by atoms with Crippen LogP contribution < -0.4 is 0 Å². The Hall–Kier alpha value is -0.650. The number of unbranched alkanes of at least 4 members (excludes halogenated alkanes) is 3. The van der Waals surface area contributed by atoms with Crippen molar-refractivity contribution in [2.75, 3.05) is 52.5 Å². The van der Waals surface area contributed by atoms with Crippen molar-refractivity contribution in [2.45, 2.75) is 51.1 Å². The first-order valence-corrected chi connectivity index (χ1v) is 8.97. The van der Waals surface area contributed by atoms with Crippen LogP contribution in [-0.2, 0) is 9.53 Å². The predicted octanol–water partition coefficient (Wildman–Crippen LogP) is 1.18. The molecule has 0 bridgehead atoms. The van der Waals surface area contributed by atoms with E-state index in [2.05, 4.69) is 16.7 Å². The van der Waals surface area contributed by atoms with Crippen LogP contribution in [-0.4, -0.2) is 84.7 Å². The highest BCUT2D eigenvalue weighted by molar-refractivity contribution is 5.73. The van der Waals surface area contributed by atoms with Gasteiger partial charge in [-0.05, 0) is 13.0 Å². The topological polar surface area (TPSA) is 36.0 Å². The van der Waals surface area contributed by atoms with Gasteiger partial charge in [-0.2, -0.15) is 0 Å². The Balaban J connectivity index is 1.57. The molecule has 126 valence electrons. The molecular weight excluding hydrogens is 278 g/mol. The molecule has 1 amide bonds. The van der Waals surface area contributed by atoms with Gasteiger partial charge < -0.3 is 9.64 Å². The van der Waals surface area contributed by atoms with Gasteiger partial charge in [-0.1, -0.05) is 26.2 Å². The van der Waals surface area contributed by atoms with Crippen molar-refractivity contribution in [3.8, 4) is 0 Å². The van der Waals surface area contributed by atoms with Gasteiger partial charge in [-0.3, -0.25) is 14.6 Å². The maximum absolute atomic E-state index is 11.9. The highest BCUT2D eigenvalue weighted by Crippen LogP contribution is 2.35. The first-order chi connectivity index (χ1) is 10.6. The zero-order valence-corrected chi connectivity index (χ0v) is 14.2. The van der Waals surface area contributed by atoms with E-state index in [4.69, 9.17) is 4.74 Å². The molecule has 1 atom stereocenters. The highest BCUT2D eigenvalue weighted by Gasteiger charge is 2.54. The Kier molecular flexibility index (Phi) is 5.05. The molecule has 22 heavy (non-hydrogen) atoms. The molecule has 3 saturated heterocycles. The van der Waals surface area contributed by atoms with E-state index in [-0.39, 0.29) is 11.4 Å². The van der Waals surface area contributed by atoms with Crippen molar-refractivity contribution >= 4 is 5.91 Å². The van der Waals surface area contributed by atoms with Gasteiger partial charge in [0.15, 0.2) is 0 Å². The number of hydrogen-bond donors (Lipinski definition) is 0. The summed E-state index contributed by atoms with van der Waals surface area (Å²) >= 11 is 0. The molecule has 0 aromatic rings. The molecule has 0 aromatic carbocycles. The van der Waals surface area contributed by atoms with E-state index in [1.54, 1.807) is 6.92 Å². The van der Waals surface area contributed by atoms with Crippen molar-refractivity contribution in [1.29, 1.82) is 0 Å². The standard InChI is InChI=1S/C17H31N3O2/c1-3-4-5-6-7-18-12-17(13-18)14-19(15(2)21)10-16-11-22-9-8-20(16)17/h16H,3-14H2,1-2H3/t16-/m1/s1. The van der Waals surface area contributed by atoms with Crippen LogP contribution in [0.2, 0.25) is 0 Å². The maximum Gasteiger partial charge on any atom is 0.219 e. The monoisotopic (exact) mass is 309 g/mol. The van der Waals surface area contributed by atoms with E-state index in [0.29, 0.717) is 6.04 Å². The number of piperazine rings is 1. The van der Waals surface area contributed by atoms with Gasteiger partial charge in [-0.15, -0.1) is 0 Å². The number of amides is 1. The third-order valence-electron chi connectivity index (χ3n) is 5.56. The number of nitrogens with zero attached hydrogens (tertiary/aromatic N) is 3. The second-order valence-electron chi connectivity index (χ2n) is 7.32. The predicted molar refractivity (Wildman–Crippen MR) is 86.9 cm³/mol.